The number of esters is 1. The second-order valence-corrected chi connectivity index (χ2v) is 7.09. The van der Waals surface area contributed by atoms with Crippen LogP contribution in [0.25, 0.3) is 0 Å². The summed E-state index contributed by atoms with van der Waals surface area (Å²) in [6, 6.07) is 29.5. The van der Waals surface area contributed by atoms with Crippen molar-refractivity contribution in [3.8, 4) is 6.07 Å². The molecule has 156 valence electrons. The Morgan fingerprint density at radius 1 is 0.871 bits per heavy atom. The molecule has 0 heterocycles. The first-order valence-corrected chi connectivity index (χ1v) is 10.1. The summed E-state index contributed by atoms with van der Waals surface area (Å²) in [6.45, 7) is 0. The Morgan fingerprint density at radius 2 is 1.29 bits per heavy atom. The fourth-order valence-corrected chi connectivity index (χ4v) is 3.82. The van der Waals surface area contributed by atoms with E-state index in [1.54, 1.807) is 0 Å². The average molecular weight is 412 g/mol. The third-order valence-corrected chi connectivity index (χ3v) is 5.30. The van der Waals surface area contributed by atoms with Gasteiger partial charge in [-0.3, -0.25) is 4.79 Å². The third-order valence-electron chi connectivity index (χ3n) is 5.30. The molecule has 3 aromatic carbocycles. The number of carbonyl (C=O) groups excluding carboxylic acids is 2. The van der Waals surface area contributed by atoms with Crippen LogP contribution in [0, 0.1) is 11.3 Å². The molecule has 3 aromatic rings. The molecule has 0 spiro atoms. The zero-order valence-electron chi connectivity index (χ0n) is 17.3. The number of rotatable bonds is 8. The Hall–Kier alpha value is -3.91. The molecule has 0 aliphatic rings. The molecule has 5 nitrogen and oxygen atoms in total. The maximum Gasteiger partial charge on any atom is 0.328 e. The molecule has 0 saturated heterocycles. The standard InChI is InChI=1S/C26H24N2O3/c1-31-24(29)23(18-11-19-27)28-25(30)26(20-12-5-2-6-13-20,21-14-7-3-8-15-21)22-16-9-4-10-17-22/h2-10,12-17,23H,11,18H2,1H3,(H,28,30)/t23-/m0/s1. The number of ether oxygens (including phenoxy) is 1. The van der Waals surface area contributed by atoms with Crippen LogP contribution in [0.5, 0.6) is 0 Å². The van der Waals surface area contributed by atoms with Crippen LogP contribution >= 0.6 is 0 Å². The van der Waals surface area contributed by atoms with E-state index < -0.39 is 17.4 Å². The van der Waals surface area contributed by atoms with Crippen molar-refractivity contribution in [2.24, 2.45) is 0 Å². The number of methoxy groups -OCH3 is 1. The molecule has 3 rings (SSSR count). The normalized spacial score (nSPS) is 11.7. The largest absolute Gasteiger partial charge is 0.467 e. The van der Waals surface area contributed by atoms with E-state index in [-0.39, 0.29) is 18.7 Å². The lowest BCUT2D eigenvalue weighted by atomic mass is 9.68. The van der Waals surface area contributed by atoms with E-state index in [1.807, 2.05) is 97.1 Å². The van der Waals surface area contributed by atoms with Gasteiger partial charge >= 0.3 is 5.97 Å². The zero-order chi connectivity index (χ0) is 22.1. The van der Waals surface area contributed by atoms with Crippen LogP contribution in [-0.2, 0) is 19.7 Å². The second-order valence-electron chi connectivity index (χ2n) is 7.09. The Labute approximate surface area is 182 Å². The summed E-state index contributed by atoms with van der Waals surface area (Å²) < 4.78 is 4.88. The highest BCUT2D eigenvalue weighted by atomic mass is 16.5. The van der Waals surface area contributed by atoms with Gasteiger partial charge in [-0.2, -0.15) is 5.26 Å². The van der Waals surface area contributed by atoms with Crippen molar-refractivity contribution >= 4 is 11.9 Å². The smallest absolute Gasteiger partial charge is 0.328 e. The van der Waals surface area contributed by atoms with E-state index in [0.717, 1.165) is 16.7 Å². The quantitative estimate of drug-likeness (QED) is 0.448. The van der Waals surface area contributed by atoms with Crippen LogP contribution in [0.15, 0.2) is 91.0 Å². The van der Waals surface area contributed by atoms with E-state index in [9.17, 15) is 9.59 Å². The molecule has 0 aliphatic heterocycles. The van der Waals surface area contributed by atoms with Crippen molar-refractivity contribution in [1.29, 1.82) is 5.26 Å². The number of hydrogen-bond donors (Lipinski definition) is 1. The topological polar surface area (TPSA) is 79.2 Å². The Morgan fingerprint density at radius 3 is 1.65 bits per heavy atom. The number of nitrogens with one attached hydrogen (secondary N) is 1. The highest BCUT2D eigenvalue weighted by molar-refractivity contribution is 5.98. The van der Waals surface area contributed by atoms with Crippen LogP contribution in [0.3, 0.4) is 0 Å². The van der Waals surface area contributed by atoms with Crippen molar-refractivity contribution < 1.29 is 14.3 Å². The van der Waals surface area contributed by atoms with Crippen LogP contribution in [0.1, 0.15) is 29.5 Å². The lowest BCUT2D eigenvalue weighted by Crippen LogP contribution is -2.52. The molecule has 0 saturated carbocycles. The fraction of sp³-hybridized carbons (Fsp3) is 0.192. The number of nitrogens with zero attached hydrogens (tertiary/aromatic N) is 1. The molecule has 0 unspecified atom stereocenters. The van der Waals surface area contributed by atoms with Gasteiger partial charge in [-0.15, -0.1) is 0 Å². The van der Waals surface area contributed by atoms with Crippen LogP contribution in [-0.4, -0.2) is 25.0 Å². The molecule has 1 amide bonds. The molecule has 0 aromatic heterocycles. The number of hydrogen-bond acceptors (Lipinski definition) is 4. The first-order valence-electron chi connectivity index (χ1n) is 10.1. The van der Waals surface area contributed by atoms with Gasteiger partial charge in [0.05, 0.1) is 13.2 Å². The highest BCUT2D eigenvalue weighted by Crippen LogP contribution is 2.39. The summed E-state index contributed by atoms with van der Waals surface area (Å²) in [7, 11) is 1.27. The Balaban J connectivity index is 2.21. The summed E-state index contributed by atoms with van der Waals surface area (Å²) in [6.07, 6.45) is 0.290. The zero-order valence-corrected chi connectivity index (χ0v) is 17.3. The van der Waals surface area contributed by atoms with Crippen molar-refractivity contribution in [1.82, 2.24) is 5.32 Å². The molecule has 1 N–H and O–H groups in total. The number of benzene rings is 3. The number of carbonyl (C=O) groups is 2. The molecule has 0 aliphatic carbocycles. The van der Waals surface area contributed by atoms with Gasteiger partial charge in [0.25, 0.3) is 0 Å². The van der Waals surface area contributed by atoms with E-state index in [0.29, 0.717) is 0 Å². The van der Waals surface area contributed by atoms with Crippen LogP contribution < -0.4 is 5.32 Å². The molecule has 0 fully saturated rings. The highest BCUT2D eigenvalue weighted by Gasteiger charge is 2.45. The number of amides is 1. The van der Waals surface area contributed by atoms with Gasteiger partial charge in [-0.05, 0) is 23.1 Å². The molecular formula is C26H24N2O3. The summed E-state index contributed by atoms with van der Waals surface area (Å²) >= 11 is 0. The van der Waals surface area contributed by atoms with E-state index >= 15 is 0 Å². The molecule has 5 heteroatoms. The maximum absolute atomic E-state index is 14.1. The van der Waals surface area contributed by atoms with Crippen LogP contribution in [0.2, 0.25) is 0 Å². The van der Waals surface area contributed by atoms with Gasteiger partial charge in [-0.25, -0.2) is 4.79 Å². The SMILES string of the molecule is COC(=O)[C@H](CCC#N)NC(=O)C(c1ccccc1)(c1ccccc1)c1ccccc1. The summed E-state index contributed by atoms with van der Waals surface area (Å²) in [4.78, 5) is 26.4. The maximum atomic E-state index is 14.1. The lowest BCUT2D eigenvalue weighted by molar-refractivity contribution is -0.145. The van der Waals surface area contributed by atoms with Crippen molar-refractivity contribution in [3.63, 3.8) is 0 Å². The fourth-order valence-electron chi connectivity index (χ4n) is 3.82. The van der Waals surface area contributed by atoms with Crippen LogP contribution in [0.4, 0.5) is 0 Å². The lowest BCUT2D eigenvalue weighted by Gasteiger charge is -2.35. The van der Waals surface area contributed by atoms with E-state index in [4.69, 9.17) is 10.00 Å². The second kappa shape index (κ2) is 10.2. The minimum Gasteiger partial charge on any atom is -0.467 e. The average Bonchev–Trinajstić information content (AvgIpc) is 2.84. The van der Waals surface area contributed by atoms with Crippen molar-refractivity contribution in [2.75, 3.05) is 7.11 Å². The molecule has 31 heavy (non-hydrogen) atoms. The summed E-state index contributed by atoms with van der Waals surface area (Å²) in [5.74, 6) is -0.934. The van der Waals surface area contributed by atoms with Gasteiger partial charge in [-0.1, -0.05) is 91.0 Å². The third kappa shape index (κ3) is 4.49. The summed E-state index contributed by atoms with van der Waals surface area (Å²) in [5, 5.41) is 11.9. The monoisotopic (exact) mass is 412 g/mol. The molecule has 0 radical (unpaired) electrons. The van der Waals surface area contributed by atoms with Gasteiger partial charge in [0.2, 0.25) is 5.91 Å². The molecule has 0 bridgehead atoms. The van der Waals surface area contributed by atoms with E-state index in [2.05, 4.69) is 5.32 Å². The summed E-state index contributed by atoms with van der Waals surface area (Å²) in [5.41, 5.74) is 1.12. The molecule has 1 atom stereocenters. The van der Waals surface area contributed by atoms with Gasteiger partial charge in [0.15, 0.2) is 0 Å². The first-order chi connectivity index (χ1) is 15.1. The van der Waals surface area contributed by atoms with Crippen molar-refractivity contribution in [2.45, 2.75) is 24.3 Å². The predicted octanol–water partition coefficient (Wildman–Crippen LogP) is 3.98. The Bertz CT molecular complexity index is 948. The predicted molar refractivity (Wildman–Crippen MR) is 118 cm³/mol. The molecular weight excluding hydrogens is 388 g/mol. The first kappa shape index (κ1) is 21.8. The minimum atomic E-state index is -1.19. The van der Waals surface area contributed by atoms with Gasteiger partial charge in [0, 0.05) is 6.42 Å². The van der Waals surface area contributed by atoms with Gasteiger partial charge < -0.3 is 10.1 Å². The number of nitriles is 1. The van der Waals surface area contributed by atoms with Gasteiger partial charge in [0.1, 0.15) is 11.5 Å². The van der Waals surface area contributed by atoms with Crippen molar-refractivity contribution in [3.05, 3.63) is 108 Å². The van der Waals surface area contributed by atoms with E-state index in [1.165, 1.54) is 7.11 Å². The Kier molecular flexibility index (Phi) is 7.18. The minimum absolute atomic E-state index is 0.120.